The Morgan fingerprint density at radius 2 is 2.10 bits per heavy atom. The largest absolute Gasteiger partial charge is 0.454 e. The lowest BCUT2D eigenvalue weighted by Crippen LogP contribution is -2.24. The number of nitrogen functional groups attached to an aromatic ring is 1. The van der Waals surface area contributed by atoms with E-state index in [2.05, 4.69) is 10.3 Å². The Hall–Kier alpha value is -2.76. The van der Waals surface area contributed by atoms with Gasteiger partial charge in [0.1, 0.15) is 11.5 Å². The molecule has 2 aromatic rings. The van der Waals surface area contributed by atoms with Gasteiger partial charge in [0.2, 0.25) is 6.79 Å². The van der Waals surface area contributed by atoms with Crippen LogP contribution in [0.4, 0.5) is 5.82 Å². The third kappa shape index (κ3) is 2.49. The predicted octanol–water partition coefficient (Wildman–Crippen LogP) is 1.32. The molecule has 1 amide bonds. The number of amides is 1. The van der Waals surface area contributed by atoms with Crippen molar-refractivity contribution in [3.8, 4) is 11.5 Å². The highest BCUT2D eigenvalue weighted by molar-refractivity contribution is 5.92. The van der Waals surface area contributed by atoms with Crippen LogP contribution >= 0.6 is 0 Å². The van der Waals surface area contributed by atoms with Gasteiger partial charge in [0, 0.05) is 6.54 Å². The van der Waals surface area contributed by atoms with Crippen LogP contribution in [0.2, 0.25) is 0 Å². The lowest BCUT2D eigenvalue weighted by Gasteiger charge is -2.06. The van der Waals surface area contributed by atoms with Gasteiger partial charge in [-0.2, -0.15) is 0 Å². The van der Waals surface area contributed by atoms with Gasteiger partial charge in [-0.25, -0.2) is 4.98 Å². The molecular weight excluding hydrogens is 258 g/mol. The average molecular weight is 271 g/mol. The number of carbonyl (C=O) groups excluding carboxylic acids is 1. The first kappa shape index (κ1) is 12.3. The van der Waals surface area contributed by atoms with Gasteiger partial charge in [0.05, 0.1) is 0 Å². The summed E-state index contributed by atoms with van der Waals surface area (Å²) in [6.45, 7) is 0.615. The van der Waals surface area contributed by atoms with Gasteiger partial charge >= 0.3 is 0 Å². The zero-order valence-corrected chi connectivity index (χ0v) is 10.6. The Kier molecular flexibility index (Phi) is 3.12. The molecule has 0 aliphatic carbocycles. The molecule has 0 saturated carbocycles. The number of hydrogen-bond acceptors (Lipinski definition) is 5. The van der Waals surface area contributed by atoms with Crippen LogP contribution in [0.15, 0.2) is 36.4 Å². The van der Waals surface area contributed by atoms with E-state index in [1.807, 2.05) is 18.2 Å². The number of nitrogens with one attached hydrogen (secondary N) is 1. The molecule has 1 aromatic heterocycles. The van der Waals surface area contributed by atoms with E-state index in [-0.39, 0.29) is 12.7 Å². The second kappa shape index (κ2) is 5.08. The van der Waals surface area contributed by atoms with E-state index < -0.39 is 0 Å². The fourth-order valence-corrected chi connectivity index (χ4v) is 1.90. The van der Waals surface area contributed by atoms with E-state index in [0.29, 0.717) is 23.8 Å². The van der Waals surface area contributed by atoms with Crippen molar-refractivity contribution in [1.82, 2.24) is 10.3 Å². The number of benzene rings is 1. The Morgan fingerprint density at radius 1 is 1.25 bits per heavy atom. The van der Waals surface area contributed by atoms with Crippen molar-refractivity contribution in [1.29, 1.82) is 0 Å². The number of anilines is 1. The Morgan fingerprint density at radius 3 is 2.95 bits per heavy atom. The summed E-state index contributed by atoms with van der Waals surface area (Å²) in [5.74, 6) is 1.46. The molecule has 102 valence electrons. The number of hydrogen-bond donors (Lipinski definition) is 2. The Balaban J connectivity index is 1.66. The van der Waals surface area contributed by atoms with Crippen LogP contribution in [-0.4, -0.2) is 17.7 Å². The van der Waals surface area contributed by atoms with E-state index in [4.69, 9.17) is 15.2 Å². The van der Waals surface area contributed by atoms with Crippen LogP contribution in [0.1, 0.15) is 16.1 Å². The normalized spacial score (nSPS) is 12.2. The minimum atomic E-state index is -0.269. The second-order valence-electron chi connectivity index (χ2n) is 4.32. The van der Waals surface area contributed by atoms with Gasteiger partial charge in [-0.15, -0.1) is 0 Å². The molecule has 2 heterocycles. The molecule has 3 rings (SSSR count). The van der Waals surface area contributed by atoms with Crippen LogP contribution in [0.25, 0.3) is 0 Å². The number of nitrogens with zero attached hydrogens (tertiary/aromatic N) is 1. The number of nitrogens with two attached hydrogens (primary N) is 1. The monoisotopic (exact) mass is 271 g/mol. The van der Waals surface area contributed by atoms with Gasteiger partial charge in [0.25, 0.3) is 5.91 Å². The molecule has 1 aromatic carbocycles. The van der Waals surface area contributed by atoms with E-state index in [1.54, 1.807) is 18.2 Å². The molecule has 1 aliphatic rings. The third-order valence-corrected chi connectivity index (χ3v) is 2.89. The first-order chi connectivity index (χ1) is 9.72. The number of aromatic nitrogens is 1. The smallest absolute Gasteiger partial charge is 0.270 e. The van der Waals surface area contributed by atoms with Crippen molar-refractivity contribution in [3.63, 3.8) is 0 Å². The Labute approximate surface area is 115 Å². The quantitative estimate of drug-likeness (QED) is 0.879. The SMILES string of the molecule is Nc1cccc(C(=O)NCc2ccc3c(c2)OCO3)n1. The standard InChI is InChI=1S/C14H13N3O3/c15-13-3-1-2-10(17-13)14(18)16-7-9-4-5-11-12(6-9)20-8-19-11/h1-6H,7-8H2,(H2,15,17)(H,16,18). The van der Waals surface area contributed by atoms with Crippen LogP contribution in [-0.2, 0) is 6.54 Å². The molecule has 1 aliphatic heterocycles. The lowest BCUT2D eigenvalue weighted by molar-refractivity contribution is 0.0946. The summed E-state index contributed by atoms with van der Waals surface area (Å²) < 4.78 is 10.5. The molecule has 20 heavy (non-hydrogen) atoms. The summed E-state index contributed by atoms with van der Waals surface area (Å²) >= 11 is 0. The van der Waals surface area contributed by atoms with E-state index in [9.17, 15) is 4.79 Å². The molecule has 0 radical (unpaired) electrons. The zero-order valence-electron chi connectivity index (χ0n) is 10.6. The van der Waals surface area contributed by atoms with Gasteiger partial charge in [-0.3, -0.25) is 4.79 Å². The summed E-state index contributed by atoms with van der Waals surface area (Å²) in [5.41, 5.74) is 6.76. The fourth-order valence-electron chi connectivity index (χ4n) is 1.90. The highest BCUT2D eigenvalue weighted by Crippen LogP contribution is 2.32. The lowest BCUT2D eigenvalue weighted by atomic mass is 10.2. The van der Waals surface area contributed by atoms with Crippen LogP contribution < -0.4 is 20.5 Å². The number of carbonyl (C=O) groups is 1. The number of fused-ring (bicyclic) bond motifs is 1. The zero-order chi connectivity index (χ0) is 13.9. The first-order valence-electron chi connectivity index (χ1n) is 6.11. The molecule has 0 spiro atoms. The first-order valence-corrected chi connectivity index (χ1v) is 6.11. The van der Waals surface area contributed by atoms with Gasteiger partial charge in [0.15, 0.2) is 11.5 Å². The summed E-state index contributed by atoms with van der Waals surface area (Å²) in [6, 6.07) is 10.5. The maximum absolute atomic E-state index is 11.9. The molecule has 6 heteroatoms. The maximum atomic E-state index is 11.9. The molecule has 0 saturated heterocycles. The average Bonchev–Trinajstić information content (AvgIpc) is 2.92. The van der Waals surface area contributed by atoms with Crippen molar-refractivity contribution >= 4 is 11.7 Å². The molecule has 0 fully saturated rings. The van der Waals surface area contributed by atoms with Crippen molar-refractivity contribution in [2.45, 2.75) is 6.54 Å². The van der Waals surface area contributed by atoms with E-state index in [0.717, 1.165) is 11.3 Å². The summed E-state index contributed by atoms with van der Waals surface area (Å²) in [4.78, 5) is 15.9. The third-order valence-electron chi connectivity index (χ3n) is 2.89. The maximum Gasteiger partial charge on any atom is 0.270 e. The van der Waals surface area contributed by atoms with Crippen LogP contribution in [0.5, 0.6) is 11.5 Å². The Bertz CT molecular complexity index is 658. The molecule has 3 N–H and O–H groups in total. The topological polar surface area (TPSA) is 86.5 Å². The van der Waals surface area contributed by atoms with Gasteiger partial charge in [-0.05, 0) is 29.8 Å². The van der Waals surface area contributed by atoms with Gasteiger partial charge in [-0.1, -0.05) is 12.1 Å². The van der Waals surface area contributed by atoms with Crippen LogP contribution in [0.3, 0.4) is 0 Å². The predicted molar refractivity (Wildman–Crippen MR) is 72.4 cm³/mol. The minimum Gasteiger partial charge on any atom is -0.454 e. The number of pyridine rings is 1. The number of rotatable bonds is 3. The van der Waals surface area contributed by atoms with Crippen LogP contribution in [0, 0.1) is 0 Å². The van der Waals surface area contributed by atoms with Crippen molar-refractivity contribution < 1.29 is 14.3 Å². The molecular formula is C14H13N3O3. The molecule has 0 unspecified atom stereocenters. The molecule has 6 nitrogen and oxygen atoms in total. The van der Waals surface area contributed by atoms with Crippen molar-refractivity contribution in [3.05, 3.63) is 47.7 Å². The van der Waals surface area contributed by atoms with E-state index >= 15 is 0 Å². The second-order valence-corrected chi connectivity index (χ2v) is 4.32. The van der Waals surface area contributed by atoms with Crippen molar-refractivity contribution in [2.75, 3.05) is 12.5 Å². The summed E-state index contributed by atoms with van der Waals surface area (Å²) in [7, 11) is 0. The molecule has 0 atom stereocenters. The highest BCUT2D eigenvalue weighted by Gasteiger charge is 2.13. The van der Waals surface area contributed by atoms with E-state index in [1.165, 1.54) is 0 Å². The summed E-state index contributed by atoms with van der Waals surface area (Å²) in [5, 5.41) is 2.78. The highest BCUT2D eigenvalue weighted by atomic mass is 16.7. The fraction of sp³-hybridized carbons (Fsp3) is 0.143. The van der Waals surface area contributed by atoms with Crippen molar-refractivity contribution in [2.24, 2.45) is 0 Å². The van der Waals surface area contributed by atoms with Gasteiger partial charge < -0.3 is 20.5 Å². The minimum absolute atomic E-state index is 0.234. The number of ether oxygens (including phenoxy) is 2. The molecule has 0 bridgehead atoms. The summed E-state index contributed by atoms with van der Waals surface area (Å²) in [6.07, 6.45) is 0.